The molecular formula is C20H23N3O3S. The van der Waals surface area contributed by atoms with Gasteiger partial charge in [-0.1, -0.05) is 0 Å². The fourth-order valence-corrected chi connectivity index (χ4v) is 4.73. The Kier molecular flexibility index (Phi) is 4.14. The number of carbonyl (C=O) groups is 1. The molecule has 4 rings (SSSR count). The molecular weight excluding hydrogens is 362 g/mol. The van der Waals surface area contributed by atoms with Crippen molar-refractivity contribution < 1.29 is 13.2 Å². The number of carbonyl (C=O) groups excluding carboxylic acids is 1. The summed E-state index contributed by atoms with van der Waals surface area (Å²) in [6, 6.07) is 12.2. The van der Waals surface area contributed by atoms with Crippen LogP contribution in [-0.2, 0) is 20.2 Å². The third-order valence-corrected chi connectivity index (χ3v) is 6.76. The zero-order valence-electron chi connectivity index (χ0n) is 15.5. The summed E-state index contributed by atoms with van der Waals surface area (Å²) in [5, 5.41) is 2.79. The van der Waals surface area contributed by atoms with E-state index in [1.165, 1.54) is 18.9 Å². The van der Waals surface area contributed by atoms with Crippen molar-refractivity contribution in [2.24, 2.45) is 0 Å². The Labute approximate surface area is 159 Å². The molecule has 0 saturated carbocycles. The van der Waals surface area contributed by atoms with Crippen LogP contribution >= 0.6 is 0 Å². The number of nitrogens with one attached hydrogen (secondary N) is 2. The molecule has 1 saturated heterocycles. The molecule has 0 unspecified atom stereocenters. The average molecular weight is 385 g/mol. The Morgan fingerprint density at radius 1 is 1.04 bits per heavy atom. The zero-order valence-corrected chi connectivity index (χ0v) is 16.3. The van der Waals surface area contributed by atoms with Gasteiger partial charge in [-0.15, -0.1) is 0 Å². The number of sulfonamides is 1. The van der Waals surface area contributed by atoms with E-state index in [1.807, 2.05) is 12.1 Å². The van der Waals surface area contributed by atoms with Gasteiger partial charge < -0.3 is 10.2 Å². The Hall–Kier alpha value is -2.54. The third kappa shape index (κ3) is 3.16. The van der Waals surface area contributed by atoms with Crippen molar-refractivity contribution in [3.8, 4) is 0 Å². The van der Waals surface area contributed by atoms with E-state index in [0.717, 1.165) is 18.8 Å². The summed E-state index contributed by atoms with van der Waals surface area (Å²) in [6.45, 7) is 5.66. The Balaban J connectivity index is 1.58. The number of hydrogen-bond donors (Lipinski definition) is 2. The predicted molar refractivity (Wildman–Crippen MR) is 107 cm³/mol. The largest absolute Gasteiger partial charge is 0.372 e. The smallest absolute Gasteiger partial charge is 0.261 e. The Morgan fingerprint density at radius 2 is 1.70 bits per heavy atom. The molecule has 2 heterocycles. The molecule has 2 N–H and O–H groups in total. The molecule has 2 aliphatic heterocycles. The maximum atomic E-state index is 12.8. The summed E-state index contributed by atoms with van der Waals surface area (Å²) in [5.41, 5.74) is 2.24. The summed E-state index contributed by atoms with van der Waals surface area (Å²) in [7, 11) is -3.74. The second-order valence-corrected chi connectivity index (χ2v) is 9.32. The summed E-state index contributed by atoms with van der Waals surface area (Å²) < 4.78 is 28.2. The molecule has 2 aromatic carbocycles. The molecule has 1 fully saturated rings. The van der Waals surface area contributed by atoms with Crippen LogP contribution in [0.5, 0.6) is 0 Å². The Morgan fingerprint density at radius 3 is 2.37 bits per heavy atom. The molecule has 0 bridgehead atoms. The fourth-order valence-electron chi connectivity index (χ4n) is 3.65. The van der Waals surface area contributed by atoms with E-state index >= 15 is 0 Å². The highest BCUT2D eigenvalue weighted by molar-refractivity contribution is 7.92. The van der Waals surface area contributed by atoms with Crippen LogP contribution in [0.3, 0.4) is 0 Å². The molecule has 6 nitrogen and oxygen atoms in total. The van der Waals surface area contributed by atoms with E-state index in [9.17, 15) is 13.2 Å². The fraction of sp³-hybridized carbons (Fsp3) is 0.350. The highest BCUT2D eigenvalue weighted by atomic mass is 32.2. The predicted octanol–water partition coefficient (Wildman–Crippen LogP) is 3.32. The van der Waals surface area contributed by atoms with Crippen molar-refractivity contribution in [1.29, 1.82) is 0 Å². The van der Waals surface area contributed by atoms with Gasteiger partial charge in [0.1, 0.15) is 0 Å². The standard InChI is InChI=1S/C20H23N3O3S/c1-20(2)17-13-16(9-10-18(17)21-19(20)24)27(25,26)22-14-5-7-15(8-6-14)23-11-3-4-12-23/h5-10,13,22H,3-4,11-12H2,1-2H3,(H,21,24). The molecule has 2 aliphatic rings. The van der Waals surface area contributed by atoms with Crippen LogP contribution in [0.2, 0.25) is 0 Å². The molecule has 2 aromatic rings. The summed E-state index contributed by atoms with van der Waals surface area (Å²) in [5.74, 6) is -0.127. The first-order valence-corrected chi connectivity index (χ1v) is 10.6. The van der Waals surface area contributed by atoms with E-state index < -0.39 is 15.4 Å². The van der Waals surface area contributed by atoms with Crippen LogP contribution in [0.1, 0.15) is 32.3 Å². The van der Waals surface area contributed by atoms with Gasteiger partial charge in [-0.05, 0) is 74.7 Å². The van der Waals surface area contributed by atoms with Crippen LogP contribution in [0.25, 0.3) is 0 Å². The van der Waals surface area contributed by atoms with Crippen molar-refractivity contribution in [3.05, 3.63) is 48.0 Å². The maximum Gasteiger partial charge on any atom is 0.261 e. The van der Waals surface area contributed by atoms with Gasteiger partial charge in [0.05, 0.1) is 10.3 Å². The van der Waals surface area contributed by atoms with E-state index in [2.05, 4.69) is 14.9 Å². The van der Waals surface area contributed by atoms with Crippen molar-refractivity contribution in [1.82, 2.24) is 0 Å². The van der Waals surface area contributed by atoms with Gasteiger partial charge in [-0.2, -0.15) is 0 Å². The van der Waals surface area contributed by atoms with Crippen LogP contribution in [0.15, 0.2) is 47.4 Å². The number of anilines is 3. The molecule has 142 valence electrons. The van der Waals surface area contributed by atoms with Gasteiger partial charge in [0.15, 0.2) is 0 Å². The molecule has 1 amide bonds. The minimum Gasteiger partial charge on any atom is -0.372 e. The van der Waals surface area contributed by atoms with Gasteiger partial charge in [-0.25, -0.2) is 8.42 Å². The monoisotopic (exact) mass is 385 g/mol. The molecule has 0 radical (unpaired) electrons. The normalized spacial score (nSPS) is 18.3. The van der Waals surface area contributed by atoms with Gasteiger partial charge in [0, 0.05) is 30.2 Å². The second kappa shape index (κ2) is 6.27. The van der Waals surface area contributed by atoms with E-state index in [-0.39, 0.29) is 10.8 Å². The lowest BCUT2D eigenvalue weighted by Crippen LogP contribution is -2.27. The SMILES string of the molecule is CC1(C)C(=O)Nc2ccc(S(=O)(=O)Nc3ccc(N4CCCC4)cc3)cc21. The quantitative estimate of drug-likeness (QED) is 0.846. The number of benzene rings is 2. The van der Waals surface area contributed by atoms with Crippen molar-refractivity contribution in [2.45, 2.75) is 37.0 Å². The summed E-state index contributed by atoms with van der Waals surface area (Å²) >= 11 is 0. The van der Waals surface area contributed by atoms with Crippen LogP contribution in [-0.4, -0.2) is 27.4 Å². The first-order valence-electron chi connectivity index (χ1n) is 9.11. The number of nitrogens with zero attached hydrogens (tertiary/aromatic N) is 1. The molecule has 0 spiro atoms. The summed E-state index contributed by atoms with van der Waals surface area (Å²) in [4.78, 5) is 14.5. The van der Waals surface area contributed by atoms with Crippen molar-refractivity contribution >= 4 is 33.0 Å². The minimum absolute atomic E-state index is 0.127. The third-order valence-electron chi connectivity index (χ3n) is 5.38. The first-order chi connectivity index (χ1) is 12.8. The lowest BCUT2D eigenvalue weighted by molar-refractivity contribution is -0.119. The zero-order chi connectivity index (χ0) is 19.2. The minimum atomic E-state index is -3.74. The van der Waals surface area contributed by atoms with Crippen LogP contribution < -0.4 is 14.9 Å². The number of fused-ring (bicyclic) bond motifs is 1. The van der Waals surface area contributed by atoms with Gasteiger partial charge in [0.2, 0.25) is 5.91 Å². The highest BCUT2D eigenvalue weighted by Gasteiger charge is 2.39. The van der Waals surface area contributed by atoms with Gasteiger partial charge in [-0.3, -0.25) is 9.52 Å². The lowest BCUT2D eigenvalue weighted by Gasteiger charge is -2.18. The first kappa shape index (κ1) is 17.9. The van der Waals surface area contributed by atoms with E-state index in [1.54, 1.807) is 38.1 Å². The molecule has 0 atom stereocenters. The molecule has 0 aliphatic carbocycles. The highest BCUT2D eigenvalue weighted by Crippen LogP contribution is 2.38. The van der Waals surface area contributed by atoms with Crippen molar-refractivity contribution in [3.63, 3.8) is 0 Å². The van der Waals surface area contributed by atoms with Crippen LogP contribution in [0.4, 0.5) is 17.1 Å². The lowest BCUT2D eigenvalue weighted by atomic mass is 9.86. The van der Waals surface area contributed by atoms with E-state index in [0.29, 0.717) is 16.9 Å². The number of rotatable bonds is 4. The van der Waals surface area contributed by atoms with E-state index in [4.69, 9.17) is 0 Å². The Bertz CT molecular complexity index is 992. The second-order valence-electron chi connectivity index (χ2n) is 7.63. The maximum absolute atomic E-state index is 12.8. The average Bonchev–Trinajstić information content (AvgIpc) is 3.23. The number of amides is 1. The molecule has 7 heteroatoms. The topological polar surface area (TPSA) is 78.5 Å². The number of hydrogen-bond acceptors (Lipinski definition) is 4. The van der Waals surface area contributed by atoms with Crippen LogP contribution in [0, 0.1) is 0 Å². The molecule has 27 heavy (non-hydrogen) atoms. The summed E-state index contributed by atoms with van der Waals surface area (Å²) in [6.07, 6.45) is 2.39. The van der Waals surface area contributed by atoms with Gasteiger partial charge in [0.25, 0.3) is 10.0 Å². The van der Waals surface area contributed by atoms with Gasteiger partial charge >= 0.3 is 0 Å². The molecule has 0 aromatic heterocycles. The van der Waals surface area contributed by atoms with Crippen molar-refractivity contribution in [2.75, 3.05) is 28.0 Å².